The number of fused-ring (bicyclic) bond motifs is 1. The van der Waals surface area contributed by atoms with Gasteiger partial charge in [0.25, 0.3) is 0 Å². The molecule has 7 heteroatoms. The molecule has 0 spiro atoms. The number of likely N-dealkylation sites (N-methyl/N-ethyl adjacent to an activating group) is 1. The van der Waals surface area contributed by atoms with Crippen LogP contribution >= 0.6 is 0 Å². The van der Waals surface area contributed by atoms with Crippen molar-refractivity contribution in [1.82, 2.24) is 14.1 Å². The van der Waals surface area contributed by atoms with Crippen LogP contribution in [-0.4, -0.2) is 73.7 Å². The Bertz CT molecular complexity index is 705. The van der Waals surface area contributed by atoms with Crippen LogP contribution in [0.15, 0.2) is 30.3 Å². The van der Waals surface area contributed by atoms with Gasteiger partial charge in [-0.25, -0.2) is 8.42 Å². The van der Waals surface area contributed by atoms with Crippen LogP contribution in [-0.2, 0) is 20.6 Å². The predicted molar refractivity (Wildman–Crippen MR) is 92.8 cm³/mol. The standard InChI is InChI=1S/C17H25N3O3S/c1-13-17(21)19-10-15(18(2)3)9-16(19)11-20(13)24(22,23)12-14-7-5-4-6-8-14/h4-8,13,15-16H,9-12H2,1-3H3/t13-,15-,16-/m0/s1. The summed E-state index contributed by atoms with van der Waals surface area (Å²) in [6.07, 6.45) is 0.822. The normalized spacial score (nSPS) is 28.4. The summed E-state index contributed by atoms with van der Waals surface area (Å²) >= 11 is 0. The molecule has 132 valence electrons. The van der Waals surface area contributed by atoms with E-state index in [1.807, 2.05) is 37.2 Å². The Kier molecular flexibility index (Phi) is 4.68. The highest BCUT2D eigenvalue weighted by Gasteiger charge is 2.47. The van der Waals surface area contributed by atoms with Crippen molar-refractivity contribution in [2.45, 2.75) is 37.2 Å². The van der Waals surface area contributed by atoms with E-state index < -0.39 is 16.1 Å². The van der Waals surface area contributed by atoms with Crippen LogP contribution in [0, 0.1) is 0 Å². The first-order chi connectivity index (χ1) is 11.3. The zero-order valence-electron chi connectivity index (χ0n) is 14.4. The molecule has 0 radical (unpaired) electrons. The van der Waals surface area contributed by atoms with Crippen molar-refractivity contribution in [1.29, 1.82) is 0 Å². The zero-order valence-corrected chi connectivity index (χ0v) is 15.2. The van der Waals surface area contributed by atoms with E-state index in [-0.39, 0.29) is 17.7 Å². The van der Waals surface area contributed by atoms with Gasteiger partial charge in [-0.15, -0.1) is 0 Å². The molecule has 3 atom stereocenters. The lowest BCUT2D eigenvalue weighted by atomic mass is 10.1. The summed E-state index contributed by atoms with van der Waals surface area (Å²) in [7, 11) is 0.479. The summed E-state index contributed by atoms with van der Waals surface area (Å²) in [6, 6.07) is 8.77. The fourth-order valence-electron chi connectivity index (χ4n) is 3.66. The molecule has 0 aromatic heterocycles. The van der Waals surface area contributed by atoms with Gasteiger partial charge < -0.3 is 9.80 Å². The Hall–Kier alpha value is -1.44. The van der Waals surface area contributed by atoms with E-state index in [4.69, 9.17) is 0 Å². The van der Waals surface area contributed by atoms with Crippen LogP contribution in [0.1, 0.15) is 18.9 Å². The van der Waals surface area contributed by atoms with Crippen LogP contribution in [0.25, 0.3) is 0 Å². The Morgan fingerprint density at radius 1 is 1.17 bits per heavy atom. The first-order valence-electron chi connectivity index (χ1n) is 8.30. The summed E-state index contributed by atoms with van der Waals surface area (Å²) in [6.45, 7) is 2.78. The summed E-state index contributed by atoms with van der Waals surface area (Å²) in [4.78, 5) is 16.7. The van der Waals surface area contributed by atoms with Gasteiger partial charge in [-0.1, -0.05) is 30.3 Å². The maximum Gasteiger partial charge on any atom is 0.241 e. The Labute approximate surface area is 144 Å². The Morgan fingerprint density at radius 3 is 2.46 bits per heavy atom. The van der Waals surface area contributed by atoms with Gasteiger partial charge in [0, 0.05) is 25.2 Å². The van der Waals surface area contributed by atoms with E-state index in [2.05, 4.69) is 4.90 Å². The Balaban J connectivity index is 1.80. The molecule has 2 heterocycles. The molecule has 2 fully saturated rings. The number of carbonyl (C=O) groups excluding carboxylic acids is 1. The van der Waals surface area contributed by atoms with Gasteiger partial charge in [0.15, 0.2) is 0 Å². The van der Waals surface area contributed by atoms with Crippen molar-refractivity contribution in [3.05, 3.63) is 35.9 Å². The molecular weight excluding hydrogens is 326 g/mol. The van der Waals surface area contributed by atoms with Crippen molar-refractivity contribution in [2.75, 3.05) is 27.2 Å². The van der Waals surface area contributed by atoms with Crippen molar-refractivity contribution in [2.24, 2.45) is 0 Å². The van der Waals surface area contributed by atoms with E-state index >= 15 is 0 Å². The second-order valence-electron chi connectivity index (χ2n) is 6.99. The van der Waals surface area contributed by atoms with Crippen LogP contribution in [0.3, 0.4) is 0 Å². The number of sulfonamides is 1. The third kappa shape index (κ3) is 3.20. The van der Waals surface area contributed by atoms with Crippen LogP contribution in [0.4, 0.5) is 0 Å². The van der Waals surface area contributed by atoms with E-state index in [1.54, 1.807) is 19.1 Å². The number of hydrogen-bond acceptors (Lipinski definition) is 4. The molecule has 0 unspecified atom stereocenters. The van der Waals surface area contributed by atoms with Gasteiger partial charge in [-0.3, -0.25) is 4.79 Å². The van der Waals surface area contributed by atoms with Gasteiger partial charge in [0.2, 0.25) is 15.9 Å². The lowest BCUT2D eigenvalue weighted by molar-refractivity contribution is -0.139. The van der Waals surface area contributed by atoms with Gasteiger partial charge >= 0.3 is 0 Å². The molecule has 24 heavy (non-hydrogen) atoms. The highest BCUT2D eigenvalue weighted by molar-refractivity contribution is 7.88. The second kappa shape index (κ2) is 6.46. The monoisotopic (exact) mass is 351 g/mol. The molecular formula is C17H25N3O3S. The average Bonchev–Trinajstić information content (AvgIpc) is 2.96. The third-order valence-electron chi connectivity index (χ3n) is 5.13. The summed E-state index contributed by atoms with van der Waals surface area (Å²) < 4.78 is 27.1. The molecule has 6 nitrogen and oxygen atoms in total. The largest absolute Gasteiger partial charge is 0.335 e. The molecule has 2 aliphatic heterocycles. The lowest BCUT2D eigenvalue weighted by Gasteiger charge is -2.40. The van der Waals surface area contributed by atoms with Crippen molar-refractivity contribution in [3.8, 4) is 0 Å². The number of hydrogen-bond donors (Lipinski definition) is 0. The Morgan fingerprint density at radius 2 is 1.83 bits per heavy atom. The smallest absolute Gasteiger partial charge is 0.241 e. The summed E-state index contributed by atoms with van der Waals surface area (Å²) in [5, 5.41) is 0. The van der Waals surface area contributed by atoms with Gasteiger partial charge in [-0.2, -0.15) is 4.31 Å². The molecule has 2 saturated heterocycles. The summed E-state index contributed by atoms with van der Waals surface area (Å²) in [5.74, 6) is -0.137. The third-order valence-corrected chi connectivity index (χ3v) is 7.01. The zero-order chi connectivity index (χ0) is 17.5. The number of carbonyl (C=O) groups is 1. The fraction of sp³-hybridized carbons (Fsp3) is 0.588. The minimum atomic E-state index is -3.52. The quantitative estimate of drug-likeness (QED) is 0.803. The van der Waals surface area contributed by atoms with E-state index in [0.29, 0.717) is 19.1 Å². The second-order valence-corrected chi connectivity index (χ2v) is 8.91. The molecule has 0 N–H and O–H groups in total. The fourth-order valence-corrected chi connectivity index (χ4v) is 5.41. The maximum absolute atomic E-state index is 12.9. The minimum absolute atomic E-state index is 0.0216. The van der Waals surface area contributed by atoms with Crippen LogP contribution in [0.5, 0.6) is 0 Å². The molecule has 1 aromatic rings. The molecule has 3 rings (SSSR count). The molecule has 1 amide bonds. The average molecular weight is 351 g/mol. The molecule has 1 aromatic carbocycles. The predicted octanol–water partition coefficient (Wildman–Crippen LogP) is 0.752. The number of amides is 1. The number of benzene rings is 1. The lowest BCUT2D eigenvalue weighted by Crippen LogP contribution is -2.60. The van der Waals surface area contributed by atoms with Gasteiger partial charge in [0.1, 0.15) is 6.04 Å². The molecule has 0 saturated carbocycles. The topological polar surface area (TPSA) is 60.9 Å². The highest BCUT2D eigenvalue weighted by Crippen LogP contribution is 2.30. The summed E-state index contributed by atoms with van der Waals surface area (Å²) in [5.41, 5.74) is 0.747. The highest BCUT2D eigenvalue weighted by atomic mass is 32.2. The molecule has 0 aliphatic carbocycles. The molecule has 2 aliphatic rings. The number of nitrogens with zero attached hydrogens (tertiary/aromatic N) is 3. The minimum Gasteiger partial charge on any atom is -0.335 e. The molecule has 0 bridgehead atoms. The first-order valence-corrected chi connectivity index (χ1v) is 9.91. The number of rotatable bonds is 4. The van der Waals surface area contributed by atoms with Crippen molar-refractivity contribution < 1.29 is 13.2 Å². The number of piperazine rings is 1. The van der Waals surface area contributed by atoms with Gasteiger partial charge in [0.05, 0.1) is 5.75 Å². The van der Waals surface area contributed by atoms with Crippen LogP contribution in [0.2, 0.25) is 0 Å². The first kappa shape index (κ1) is 17.4. The van der Waals surface area contributed by atoms with Gasteiger partial charge in [-0.05, 0) is 33.0 Å². The maximum atomic E-state index is 12.9. The van der Waals surface area contributed by atoms with E-state index in [9.17, 15) is 13.2 Å². The van der Waals surface area contributed by atoms with E-state index in [1.165, 1.54) is 4.31 Å². The van der Waals surface area contributed by atoms with Crippen molar-refractivity contribution in [3.63, 3.8) is 0 Å². The van der Waals surface area contributed by atoms with Crippen molar-refractivity contribution >= 4 is 15.9 Å². The van der Waals surface area contributed by atoms with Crippen LogP contribution < -0.4 is 0 Å². The van der Waals surface area contributed by atoms with E-state index in [0.717, 1.165) is 12.0 Å². The SMILES string of the molecule is C[C@H]1C(=O)N2C[C@@H](N(C)C)C[C@H]2CN1S(=O)(=O)Cc1ccccc1.